The lowest BCUT2D eigenvalue weighted by Crippen LogP contribution is -2.46. The summed E-state index contributed by atoms with van der Waals surface area (Å²) in [7, 11) is -1.99. The summed E-state index contributed by atoms with van der Waals surface area (Å²) < 4.78 is 57.8. The molecule has 0 aliphatic carbocycles. The summed E-state index contributed by atoms with van der Waals surface area (Å²) in [4.78, 5) is 9.38. The van der Waals surface area contributed by atoms with Crippen molar-refractivity contribution in [2.24, 2.45) is 0 Å². The van der Waals surface area contributed by atoms with Gasteiger partial charge in [0, 0.05) is 55.2 Å². The Morgan fingerprint density at radius 1 is 0.897 bits per heavy atom. The number of ether oxygens (including phenoxy) is 2. The average molecular weight is 600 g/mol. The quantitative estimate of drug-likeness (QED) is 0.307. The maximum Gasteiger partial charge on any atom is 0.229 e. The summed E-state index contributed by atoms with van der Waals surface area (Å²) in [6, 6.07) is 11.7. The van der Waals surface area contributed by atoms with E-state index < -0.39 is 19.1 Å². The molecule has 3 heterocycles. The van der Waals surface area contributed by atoms with Crippen LogP contribution in [0.5, 0.6) is 11.5 Å². The first-order valence-corrected chi connectivity index (χ1v) is 17.2. The largest absolute Gasteiger partial charge is 0.486 e. The number of rotatable bonds is 8. The number of imidazole rings is 1. The van der Waals surface area contributed by atoms with Crippen molar-refractivity contribution in [3.63, 3.8) is 0 Å². The Balaban J connectivity index is 0.000000648. The molecule has 0 spiro atoms. The molecule has 0 bridgehead atoms. The fraction of sp³-hybridized carbons (Fsp3) is 0.480. The Morgan fingerprint density at radius 3 is 2.26 bits per heavy atom. The van der Waals surface area contributed by atoms with E-state index >= 15 is 0 Å². The number of aryl methyl sites for hydroxylation is 1. The van der Waals surface area contributed by atoms with Crippen molar-refractivity contribution in [1.29, 1.82) is 0 Å². The summed E-state index contributed by atoms with van der Waals surface area (Å²) >= 11 is 0. The van der Waals surface area contributed by atoms with Crippen molar-refractivity contribution < 1.29 is 26.3 Å². The molecular formula is C25H34ClN5O6S2. The van der Waals surface area contributed by atoms with Gasteiger partial charge in [0.2, 0.25) is 19.1 Å². The summed E-state index contributed by atoms with van der Waals surface area (Å²) in [5.74, 6) is 1.68. The van der Waals surface area contributed by atoms with Crippen LogP contribution in [0.1, 0.15) is 12.8 Å². The van der Waals surface area contributed by atoms with Gasteiger partial charge in [-0.05, 0) is 49.7 Å². The van der Waals surface area contributed by atoms with Crippen LogP contribution in [0.25, 0.3) is 11.0 Å². The molecule has 0 unspecified atom stereocenters. The molecule has 3 aromatic rings. The number of benzene rings is 2. The van der Waals surface area contributed by atoms with Gasteiger partial charge >= 0.3 is 0 Å². The number of halogens is 1. The number of nitrogens with one attached hydrogen (secondary N) is 1. The van der Waals surface area contributed by atoms with Crippen molar-refractivity contribution in [2.75, 3.05) is 68.1 Å². The van der Waals surface area contributed by atoms with Crippen LogP contribution in [-0.2, 0) is 25.6 Å². The van der Waals surface area contributed by atoms with Crippen LogP contribution in [0.4, 0.5) is 11.4 Å². The molecule has 0 radical (unpaired) electrons. The maximum atomic E-state index is 11.5. The number of unbranched alkanes of at least 4 members (excludes halogenated alkanes) is 1. The first-order valence-electron chi connectivity index (χ1n) is 12.6. The molecule has 2 aromatic carbocycles. The van der Waals surface area contributed by atoms with E-state index in [1.165, 1.54) is 5.69 Å². The smallest absolute Gasteiger partial charge is 0.229 e. The molecule has 0 amide bonds. The first-order chi connectivity index (χ1) is 18.4. The molecule has 2 aliphatic heterocycles. The van der Waals surface area contributed by atoms with Gasteiger partial charge in [-0.25, -0.2) is 21.8 Å². The van der Waals surface area contributed by atoms with Crippen LogP contribution in [0.15, 0.2) is 42.7 Å². The van der Waals surface area contributed by atoms with Gasteiger partial charge in [-0.15, -0.1) is 0 Å². The average Bonchev–Trinajstić information content (AvgIpc) is 3.27. The molecule has 0 saturated carbocycles. The minimum atomic E-state index is -3.30. The predicted molar refractivity (Wildman–Crippen MR) is 154 cm³/mol. The van der Waals surface area contributed by atoms with Gasteiger partial charge < -0.3 is 18.9 Å². The van der Waals surface area contributed by atoms with E-state index in [1.54, 1.807) is 6.07 Å². The first kappa shape index (κ1) is 29.2. The molecule has 11 nitrogen and oxygen atoms in total. The zero-order chi connectivity index (χ0) is 28.0. The predicted octanol–water partition coefficient (Wildman–Crippen LogP) is 2.97. The number of hydrogen-bond acceptors (Lipinski definition) is 9. The van der Waals surface area contributed by atoms with Gasteiger partial charge in [-0.3, -0.25) is 9.62 Å². The molecule has 2 aliphatic rings. The third-order valence-electron chi connectivity index (χ3n) is 6.31. The Kier molecular flexibility index (Phi) is 9.47. The Labute approximate surface area is 234 Å². The Morgan fingerprint density at radius 2 is 1.56 bits per heavy atom. The second-order valence-corrected chi connectivity index (χ2v) is 14.4. The van der Waals surface area contributed by atoms with Crippen LogP contribution in [0.3, 0.4) is 0 Å². The summed E-state index contributed by atoms with van der Waals surface area (Å²) in [6.07, 6.45) is 6.06. The van der Waals surface area contributed by atoms with Crippen molar-refractivity contribution in [3.05, 3.63) is 42.7 Å². The highest BCUT2D eigenvalue weighted by Gasteiger charge is 2.19. The second-order valence-electron chi connectivity index (χ2n) is 9.56. The SMILES string of the molecule is CS(=O)(=O)Cl.CS(=O)(=O)Nc1ccc2ncn(CCCCN3CCN(c4ccc5c(c4)OCCO5)CC3)c2c1. The number of anilines is 2. The highest BCUT2D eigenvalue weighted by Crippen LogP contribution is 2.34. The van der Waals surface area contributed by atoms with E-state index in [2.05, 4.69) is 46.9 Å². The van der Waals surface area contributed by atoms with E-state index in [4.69, 9.17) is 9.47 Å². The van der Waals surface area contributed by atoms with Crippen LogP contribution in [-0.4, -0.2) is 89.7 Å². The molecule has 14 heteroatoms. The highest BCUT2D eigenvalue weighted by molar-refractivity contribution is 8.13. The van der Waals surface area contributed by atoms with Gasteiger partial charge in [0.15, 0.2) is 11.5 Å². The summed E-state index contributed by atoms with van der Waals surface area (Å²) in [6.45, 7) is 7.25. The highest BCUT2D eigenvalue weighted by atomic mass is 35.7. The van der Waals surface area contributed by atoms with E-state index in [0.29, 0.717) is 18.9 Å². The van der Waals surface area contributed by atoms with E-state index in [9.17, 15) is 16.8 Å². The lowest BCUT2D eigenvalue weighted by molar-refractivity contribution is 0.171. The van der Waals surface area contributed by atoms with Crippen molar-refractivity contribution in [1.82, 2.24) is 14.5 Å². The summed E-state index contributed by atoms with van der Waals surface area (Å²) in [5.41, 5.74) is 3.57. The third kappa shape index (κ3) is 9.16. The van der Waals surface area contributed by atoms with E-state index in [-0.39, 0.29) is 0 Å². The molecule has 39 heavy (non-hydrogen) atoms. The van der Waals surface area contributed by atoms with Crippen molar-refractivity contribution in [3.8, 4) is 11.5 Å². The molecule has 1 fully saturated rings. The molecule has 1 aromatic heterocycles. The lowest BCUT2D eigenvalue weighted by atomic mass is 10.2. The van der Waals surface area contributed by atoms with E-state index in [0.717, 1.165) is 87.2 Å². The Bertz CT molecular complexity index is 1480. The molecule has 5 rings (SSSR count). The number of sulfonamides is 1. The van der Waals surface area contributed by atoms with Gasteiger partial charge in [0.05, 0.1) is 35.6 Å². The number of nitrogens with zero attached hydrogens (tertiary/aromatic N) is 4. The van der Waals surface area contributed by atoms with Crippen LogP contribution in [0, 0.1) is 0 Å². The van der Waals surface area contributed by atoms with Gasteiger partial charge in [-0.2, -0.15) is 0 Å². The molecule has 1 saturated heterocycles. The van der Waals surface area contributed by atoms with Crippen molar-refractivity contribution >= 4 is 52.2 Å². The summed E-state index contributed by atoms with van der Waals surface area (Å²) in [5, 5.41) is 0. The number of fused-ring (bicyclic) bond motifs is 2. The standard InChI is InChI=1S/C24H31N5O4S.CH3ClO2S/c1-34(30,31)26-19-4-6-21-22(16-19)29(18-25-21)9-3-2-8-27-10-12-28(13-11-27)20-5-7-23-24(17-20)33-15-14-32-23;1-5(2,3)4/h4-7,16-18,26H,2-3,8-15H2,1H3;1H3. The fourth-order valence-corrected chi connectivity index (χ4v) is 5.14. The Hall–Kier alpha value is -2.74. The van der Waals surface area contributed by atoms with Gasteiger partial charge in [-0.1, -0.05) is 0 Å². The third-order valence-corrected chi connectivity index (χ3v) is 6.92. The molecule has 214 valence electrons. The minimum absolute atomic E-state index is 0.563. The zero-order valence-corrected chi connectivity index (χ0v) is 24.4. The molecular weight excluding hydrogens is 566 g/mol. The van der Waals surface area contributed by atoms with Crippen LogP contribution < -0.4 is 19.1 Å². The molecule has 1 N–H and O–H groups in total. The van der Waals surface area contributed by atoms with Crippen LogP contribution in [0.2, 0.25) is 0 Å². The van der Waals surface area contributed by atoms with Crippen molar-refractivity contribution in [2.45, 2.75) is 19.4 Å². The lowest BCUT2D eigenvalue weighted by Gasteiger charge is -2.36. The van der Waals surface area contributed by atoms with Gasteiger partial charge in [0.25, 0.3) is 0 Å². The number of aromatic nitrogens is 2. The zero-order valence-electron chi connectivity index (χ0n) is 22.0. The fourth-order valence-electron chi connectivity index (χ4n) is 4.59. The molecule has 0 atom stereocenters. The number of hydrogen-bond donors (Lipinski definition) is 1. The monoisotopic (exact) mass is 599 g/mol. The number of piperazine rings is 1. The normalized spacial score (nSPS) is 16.0. The maximum absolute atomic E-state index is 11.5. The van der Waals surface area contributed by atoms with Gasteiger partial charge in [0.1, 0.15) is 13.2 Å². The second kappa shape index (κ2) is 12.6. The minimum Gasteiger partial charge on any atom is -0.486 e. The van der Waals surface area contributed by atoms with E-state index in [1.807, 2.05) is 24.5 Å². The topological polar surface area (TPSA) is 123 Å². The van der Waals surface area contributed by atoms with Crippen LogP contribution >= 0.6 is 10.7 Å².